The lowest BCUT2D eigenvalue weighted by molar-refractivity contribution is 1.07. The highest BCUT2D eigenvalue weighted by Gasteiger charge is 2.16. The average molecular weight is 783 g/mol. The maximum Gasteiger partial charge on any atom is 0.164 e. The fourth-order valence-electron chi connectivity index (χ4n) is 7.53. The van der Waals surface area contributed by atoms with Gasteiger partial charge in [-0.05, 0) is 70.1 Å². The van der Waals surface area contributed by atoms with Crippen LogP contribution in [0.15, 0.2) is 212 Å². The lowest BCUT2D eigenvalue weighted by Gasteiger charge is -2.13. The molecule has 0 saturated heterocycles. The smallest absolute Gasteiger partial charge is 0.164 e. The number of benzene rings is 8. The molecule has 0 unspecified atom stereocenters. The first kappa shape index (κ1) is 37.1. The summed E-state index contributed by atoms with van der Waals surface area (Å²) < 4.78 is 0. The Hall–Kier alpha value is -8.22. The Kier molecular flexibility index (Phi) is 10.1. The molecule has 0 aliphatic heterocycles. The second-order valence-electron chi connectivity index (χ2n) is 14.8. The molecule has 0 aliphatic rings. The molecule has 288 valence electrons. The molecule has 10 rings (SSSR count). The van der Waals surface area contributed by atoms with E-state index in [0.29, 0.717) is 34.9 Å². The van der Waals surface area contributed by atoms with Gasteiger partial charge in [0.25, 0.3) is 0 Å². The molecule has 0 bridgehead atoms. The Morgan fingerprint density at radius 2 is 0.492 bits per heavy atom. The maximum atomic E-state index is 5.11. The third-order valence-electron chi connectivity index (χ3n) is 10.7. The van der Waals surface area contributed by atoms with Crippen LogP contribution >= 0.6 is 0 Å². The first-order chi connectivity index (χ1) is 30.1. The molecular weight excluding hydrogens is 745 g/mol. The predicted octanol–water partition coefficient (Wildman–Crippen LogP) is 13.4. The second-order valence-corrected chi connectivity index (χ2v) is 14.8. The quantitative estimate of drug-likeness (QED) is 0.145. The van der Waals surface area contributed by atoms with E-state index in [0.717, 1.165) is 72.3 Å². The molecule has 2 aromatic heterocycles. The average Bonchev–Trinajstić information content (AvgIpc) is 3.35. The standard InChI is InChI=1S/C55H38N6/c1-37-31-32-48(55-60-52(41-23-12-5-13-24-41)59-54(61-55)46-29-15-25-42(34-46)38-17-6-2-7-18-38)36-49(37)45-28-14-26-43(33-45)44-27-16-30-47(35-44)53-57-50(39-19-8-3-9-20-39)56-51(58-53)40-21-10-4-11-22-40/h2-36H,1H3. The topological polar surface area (TPSA) is 77.3 Å². The van der Waals surface area contributed by atoms with Gasteiger partial charge in [0.1, 0.15) is 0 Å². The van der Waals surface area contributed by atoms with E-state index in [-0.39, 0.29) is 0 Å². The van der Waals surface area contributed by atoms with Crippen LogP contribution in [0.1, 0.15) is 5.56 Å². The summed E-state index contributed by atoms with van der Waals surface area (Å²) in [5.41, 5.74) is 13.3. The molecule has 2 heterocycles. The van der Waals surface area contributed by atoms with Crippen LogP contribution in [0.2, 0.25) is 0 Å². The molecule has 0 aliphatic carbocycles. The van der Waals surface area contributed by atoms with Crippen LogP contribution in [0, 0.1) is 6.92 Å². The molecule has 0 radical (unpaired) electrons. The van der Waals surface area contributed by atoms with Crippen molar-refractivity contribution in [2.24, 2.45) is 0 Å². The van der Waals surface area contributed by atoms with E-state index in [1.54, 1.807) is 0 Å². The van der Waals surface area contributed by atoms with Crippen LogP contribution in [0.25, 0.3) is 102 Å². The first-order valence-corrected chi connectivity index (χ1v) is 20.3. The summed E-state index contributed by atoms with van der Waals surface area (Å²) in [5.74, 6) is 3.74. The van der Waals surface area contributed by atoms with Crippen molar-refractivity contribution in [1.29, 1.82) is 0 Å². The molecule has 0 atom stereocenters. The number of nitrogens with zero attached hydrogens (tertiary/aromatic N) is 6. The third kappa shape index (κ3) is 7.98. The summed E-state index contributed by atoms with van der Waals surface area (Å²) >= 11 is 0. The SMILES string of the molecule is Cc1ccc(-c2nc(-c3ccccc3)nc(-c3cccc(-c4ccccc4)c3)n2)cc1-c1cccc(-c2cccc(-c3nc(-c4ccccc4)nc(-c4ccccc4)n3)c2)c1. The van der Waals surface area contributed by atoms with Gasteiger partial charge < -0.3 is 0 Å². The normalized spacial score (nSPS) is 11.0. The Bertz CT molecular complexity index is 3080. The van der Waals surface area contributed by atoms with E-state index in [9.17, 15) is 0 Å². The molecule has 0 saturated carbocycles. The highest BCUT2D eigenvalue weighted by Crippen LogP contribution is 2.35. The Labute approximate surface area is 355 Å². The monoisotopic (exact) mass is 782 g/mol. The van der Waals surface area contributed by atoms with Gasteiger partial charge in [0.2, 0.25) is 0 Å². The summed E-state index contributed by atoms with van der Waals surface area (Å²) in [7, 11) is 0. The van der Waals surface area contributed by atoms with Gasteiger partial charge in [0, 0.05) is 33.4 Å². The van der Waals surface area contributed by atoms with Crippen molar-refractivity contribution in [3.63, 3.8) is 0 Å². The molecule has 6 nitrogen and oxygen atoms in total. The minimum Gasteiger partial charge on any atom is -0.208 e. The highest BCUT2D eigenvalue weighted by atomic mass is 15.0. The highest BCUT2D eigenvalue weighted by molar-refractivity contribution is 5.80. The fourth-order valence-corrected chi connectivity index (χ4v) is 7.53. The molecule has 8 aromatic carbocycles. The van der Waals surface area contributed by atoms with Gasteiger partial charge >= 0.3 is 0 Å². The molecule has 0 N–H and O–H groups in total. The van der Waals surface area contributed by atoms with Gasteiger partial charge in [-0.2, -0.15) is 0 Å². The van der Waals surface area contributed by atoms with Crippen molar-refractivity contribution in [2.75, 3.05) is 0 Å². The zero-order chi connectivity index (χ0) is 41.0. The van der Waals surface area contributed by atoms with Crippen LogP contribution in [0.5, 0.6) is 0 Å². The lowest BCUT2D eigenvalue weighted by Crippen LogP contribution is -2.00. The summed E-state index contributed by atoms with van der Waals surface area (Å²) in [6, 6.07) is 72.5. The second kappa shape index (κ2) is 16.6. The zero-order valence-corrected chi connectivity index (χ0v) is 33.4. The zero-order valence-electron chi connectivity index (χ0n) is 33.4. The van der Waals surface area contributed by atoms with Crippen molar-refractivity contribution < 1.29 is 0 Å². The number of aromatic nitrogens is 6. The molecule has 0 amide bonds. The number of rotatable bonds is 9. The molecule has 0 spiro atoms. The number of hydrogen-bond acceptors (Lipinski definition) is 6. The molecule has 10 aromatic rings. The van der Waals surface area contributed by atoms with Gasteiger partial charge in [-0.3, -0.25) is 0 Å². The Balaban J connectivity index is 1.02. The van der Waals surface area contributed by atoms with E-state index in [4.69, 9.17) is 29.9 Å². The summed E-state index contributed by atoms with van der Waals surface area (Å²) in [6.45, 7) is 2.14. The molecule has 61 heavy (non-hydrogen) atoms. The minimum atomic E-state index is 0.612. The van der Waals surface area contributed by atoms with Crippen LogP contribution in [-0.4, -0.2) is 29.9 Å². The Morgan fingerprint density at radius 1 is 0.213 bits per heavy atom. The summed E-state index contributed by atoms with van der Waals surface area (Å²) in [5, 5.41) is 0. The van der Waals surface area contributed by atoms with E-state index in [1.807, 2.05) is 97.1 Å². The fraction of sp³-hybridized carbons (Fsp3) is 0.0182. The van der Waals surface area contributed by atoms with E-state index in [1.165, 1.54) is 0 Å². The van der Waals surface area contributed by atoms with Crippen LogP contribution < -0.4 is 0 Å². The summed E-state index contributed by atoms with van der Waals surface area (Å²) in [6.07, 6.45) is 0. The molecule has 6 heteroatoms. The van der Waals surface area contributed by atoms with Gasteiger partial charge in [-0.15, -0.1) is 0 Å². The van der Waals surface area contributed by atoms with Gasteiger partial charge in [-0.1, -0.05) is 188 Å². The van der Waals surface area contributed by atoms with Crippen LogP contribution in [0.3, 0.4) is 0 Å². The number of aryl methyl sites for hydroxylation is 1. The van der Waals surface area contributed by atoms with Crippen LogP contribution in [-0.2, 0) is 0 Å². The van der Waals surface area contributed by atoms with Crippen molar-refractivity contribution in [1.82, 2.24) is 29.9 Å². The van der Waals surface area contributed by atoms with Gasteiger partial charge in [0.15, 0.2) is 34.9 Å². The third-order valence-corrected chi connectivity index (χ3v) is 10.7. The van der Waals surface area contributed by atoms with Gasteiger partial charge in [0.05, 0.1) is 0 Å². The molecular formula is C55H38N6. The predicted molar refractivity (Wildman–Crippen MR) is 247 cm³/mol. The van der Waals surface area contributed by atoms with E-state index < -0.39 is 0 Å². The van der Waals surface area contributed by atoms with Crippen molar-refractivity contribution in [3.05, 3.63) is 218 Å². The molecule has 0 fully saturated rings. The van der Waals surface area contributed by atoms with E-state index in [2.05, 4.69) is 122 Å². The van der Waals surface area contributed by atoms with Crippen LogP contribution in [0.4, 0.5) is 0 Å². The number of hydrogen-bond donors (Lipinski definition) is 0. The van der Waals surface area contributed by atoms with Gasteiger partial charge in [-0.25, -0.2) is 29.9 Å². The maximum absolute atomic E-state index is 5.11. The minimum absolute atomic E-state index is 0.612. The lowest BCUT2D eigenvalue weighted by atomic mass is 9.94. The first-order valence-electron chi connectivity index (χ1n) is 20.3. The van der Waals surface area contributed by atoms with Crippen molar-refractivity contribution >= 4 is 0 Å². The van der Waals surface area contributed by atoms with Crippen molar-refractivity contribution in [2.45, 2.75) is 6.92 Å². The summed E-state index contributed by atoms with van der Waals surface area (Å²) in [4.78, 5) is 30.0. The van der Waals surface area contributed by atoms with Crippen molar-refractivity contribution in [3.8, 4) is 102 Å². The Morgan fingerprint density at radius 3 is 0.902 bits per heavy atom. The largest absolute Gasteiger partial charge is 0.208 e. The van der Waals surface area contributed by atoms with E-state index >= 15 is 0 Å².